The second-order valence-corrected chi connectivity index (χ2v) is 7.66. The number of tetrazole rings is 1. The first-order valence-corrected chi connectivity index (χ1v) is 11.2. The highest BCUT2D eigenvalue weighted by Gasteiger charge is 2.18. The molecule has 0 bridgehead atoms. The van der Waals surface area contributed by atoms with Crippen molar-refractivity contribution in [1.82, 2.24) is 20.2 Å². The van der Waals surface area contributed by atoms with Gasteiger partial charge in [-0.3, -0.25) is 0 Å². The Morgan fingerprint density at radius 1 is 1.17 bits per heavy atom. The van der Waals surface area contributed by atoms with E-state index in [-0.39, 0.29) is 5.41 Å². The minimum atomic E-state index is 0.203. The van der Waals surface area contributed by atoms with Gasteiger partial charge in [0.2, 0.25) is 5.82 Å². The van der Waals surface area contributed by atoms with Gasteiger partial charge in [0.05, 0.1) is 29.0 Å². The highest BCUT2D eigenvalue weighted by molar-refractivity contribution is 14.2. The van der Waals surface area contributed by atoms with Crippen LogP contribution >= 0.6 is 30.4 Å². The molecule has 0 saturated carbocycles. The second-order valence-electron chi connectivity index (χ2n) is 6.22. The fourth-order valence-electron chi connectivity index (χ4n) is 2.11. The quantitative estimate of drug-likeness (QED) is 0.293. The first-order valence-electron chi connectivity index (χ1n) is 7.95. The molecule has 6 nitrogen and oxygen atoms in total. The van der Waals surface area contributed by atoms with Crippen molar-refractivity contribution < 1.29 is 8.92 Å². The summed E-state index contributed by atoms with van der Waals surface area (Å²) in [6.45, 7) is 8.63. The van der Waals surface area contributed by atoms with Gasteiger partial charge in [0.15, 0.2) is 0 Å². The molecule has 2 aromatic rings. The van der Waals surface area contributed by atoms with Crippen molar-refractivity contribution in [2.75, 3.05) is 13.2 Å². The van der Waals surface area contributed by atoms with Gasteiger partial charge in [0, 0.05) is 26.8 Å². The maximum atomic E-state index is 5.86. The van der Waals surface area contributed by atoms with Crippen molar-refractivity contribution in [3.05, 3.63) is 24.3 Å². The molecule has 8 heteroatoms. The summed E-state index contributed by atoms with van der Waals surface area (Å²) >= 11 is 2.14. The van der Waals surface area contributed by atoms with E-state index in [0.717, 1.165) is 30.8 Å². The molecular formula is C16H23IN4O2S. The number of ether oxygens (including phenoxy) is 1. The van der Waals surface area contributed by atoms with E-state index in [9.17, 15) is 0 Å². The van der Waals surface area contributed by atoms with Crippen LogP contribution in [0.2, 0.25) is 0 Å². The Labute approximate surface area is 159 Å². The predicted octanol–water partition coefficient (Wildman–Crippen LogP) is 4.56. The first-order chi connectivity index (χ1) is 11.5. The molecule has 0 amide bonds. The van der Waals surface area contributed by atoms with E-state index in [1.54, 1.807) is 4.80 Å². The number of aromatic nitrogens is 4. The van der Waals surface area contributed by atoms with Gasteiger partial charge in [0.25, 0.3) is 0 Å². The largest absolute Gasteiger partial charge is 0.494 e. The predicted molar refractivity (Wildman–Crippen MR) is 105 cm³/mol. The number of halogens is 1. The smallest absolute Gasteiger partial charge is 0.204 e. The average molecular weight is 462 g/mol. The molecule has 0 fully saturated rings. The molecule has 1 aromatic heterocycles. The topological polar surface area (TPSA) is 62.1 Å². The van der Waals surface area contributed by atoms with E-state index in [1.807, 2.05) is 31.2 Å². The minimum Gasteiger partial charge on any atom is -0.494 e. The third-order valence-corrected chi connectivity index (χ3v) is 4.82. The lowest BCUT2D eigenvalue weighted by atomic mass is 9.86. The van der Waals surface area contributed by atoms with Crippen LogP contribution in [-0.2, 0) is 10.7 Å². The van der Waals surface area contributed by atoms with Crippen LogP contribution in [0, 0.1) is 5.41 Å². The van der Waals surface area contributed by atoms with Crippen molar-refractivity contribution in [2.24, 2.45) is 5.41 Å². The molecule has 0 aliphatic heterocycles. The highest BCUT2D eigenvalue weighted by Crippen LogP contribution is 2.27. The molecular weight excluding hydrogens is 439 g/mol. The molecule has 0 saturated heterocycles. The van der Waals surface area contributed by atoms with Gasteiger partial charge in [-0.05, 0) is 54.7 Å². The summed E-state index contributed by atoms with van der Waals surface area (Å²) in [5.74, 6) is 1.49. The van der Waals surface area contributed by atoms with Crippen molar-refractivity contribution in [2.45, 2.75) is 40.2 Å². The lowest BCUT2D eigenvalue weighted by molar-refractivity contribution is 0.192. The van der Waals surface area contributed by atoms with Crippen LogP contribution in [0.1, 0.15) is 33.6 Å². The summed E-state index contributed by atoms with van der Waals surface area (Å²) in [5.41, 5.74) is 1.14. The fourth-order valence-corrected chi connectivity index (χ4v) is 2.80. The molecule has 0 spiro atoms. The summed E-state index contributed by atoms with van der Waals surface area (Å²) in [6, 6.07) is 7.82. The van der Waals surface area contributed by atoms with Crippen LogP contribution in [0.5, 0.6) is 5.75 Å². The number of hydrogen-bond acceptors (Lipinski definition) is 6. The molecule has 0 atom stereocenters. The monoisotopic (exact) mass is 462 g/mol. The zero-order chi connectivity index (χ0) is 17.4. The number of benzene rings is 1. The Bertz CT molecular complexity index is 619. The van der Waals surface area contributed by atoms with Crippen LogP contribution in [0.15, 0.2) is 24.3 Å². The fraction of sp³-hybridized carbons (Fsp3) is 0.562. The van der Waals surface area contributed by atoms with Gasteiger partial charge in [-0.15, -0.1) is 10.2 Å². The van der Waals surface area contributed by atoms with Gasteiger partial charge in [-0.25, -0.2) is 0 Å². The molecule has 2 rings (SSSR count). The lowest BCUT2D eigenvalue weighted by Gasteiger charge is -2.24. The Morgan fingerprint density at radius 2 is 1.88 bits per heavy atom. The van der Waals surface area contributed by atoms with Crippen LogP contribution in [0.25, 0.3) is 11.4 Å². The third kappa shape index (κ3) is 6.21. The normalized spacial score (nSPS) is 11.7. The van der Waals surface area contributed by atoms with E-state index in [2.05, 4.69) is 50.5 Å². The van der Waals surface area contributed by atoms with Crippen molar-refractivity contribution in [3.8, 4) is 17.1 Å². The standard InChI is InChI=1S/C16H23IN4O2S/c1-4-21-19-15(18-20-21)13-5-7-14(8-6-13)22-11-9-16(2,3)10-12-23-24-17/h5-8H,4,9-12H2,1-3H3. The maximum absolute atomic E-state index is 5.86. The highest BCUT2D eigenvalue weighted by atomic mass is 127. The molecule has 132 valence electrons. The summed E-state index contributed by atoms with van der Waals surface area (Å²) in [6.07, 6.45) is 2.00. The Morgan fingerprint density at radius 3 is 2.50 bits per heavy atom. The second kappa shape index (κ2) is 9.57. The van der Waals surface area contributed by atoms with Gasteiger partial charge >= 0.3 is 0 Å². The molecule has 0 unspecified atom stereocenters. The summed E-state index contributed by atoms with van der Waals surface area (Å²) in [4.78, 5) is 1.57. The van der Waals surface area contributed by atoms with Gasteiger partial charge in [0.1, 0.15) is 5.75 Å². The Hall–Kier alpha value is -0.870. The van der Waals surface area contributed by atoms with E-state index < -0.39 is 0 Å². The maximum Gasteiger partial charge on any atom is 0.204 e. The van der Waals surface area contributed by atoms with Crippen molar-refractivity contribution in [1.29, 1.82) is 0 Å². The summed E-state index contributed by atoms with van der Waals surface area (Å²) in [5, 5.41) is 12.3. The number of hydrogen-bond donors (Lipinski definition) is 0. The molecule has 0 radical (unpaired) electrons. The van der Waals surface area contributed by atoms with E-state index in [1.165, 1.54) is 9.21 Å². The Kier molecular flexibility index (Phi) is 7.76. The van der Waals surface area contributed by atoms with Crippen LogP contribution in [0.3, 0.4) is 0 Å². The van der Waals surface area contributed by atoms with E-state index in [0.29, 0.717) is 19.0 Å². The average Bonchev–Trinajstić information content (AvgIpc) is 3.04. The third-order valence-electron chi connectivity index (χ3n) is 3.80. The van der Waals surface area contributed by atoms with Gasteiger partial charge in [-0.2, -0.15) is 4.80 Å². The van der Waals surface area contributed by atoms with Gasteiger partial charge in [-0.1, -0.05) is 13.8 Å². The van der Waals surface area contributed by atoms with Crippen molar-refractivity contribution in [3.63, 3.8) is 0 Å². The number of nitrogens with zero attached hydrogens (tertiary/aromatic N) is 4. The number of aryl methyl sites for hydroxylation is 1. The van der Waals surface area contributed by atoms with Crippen LogP contribution in [0.4, 0.5) is 0 Å². The zero-order valence-corrected chi connectivity index (χ0v) is 17.2. The summed E-state index contributed by atoms with van der Waals surface area (Å²) < 4.78 is 11.2. The lowest BCUT2D eigenvalue weighted by Crippen LogP contribution is -2.17. The molecule has 0 aliphatic rings. The van der Waals surface area contributed by atoms with Gasteiger partial charge < -0.3 is 8.92 Å². The zero-order valence-electron chi connectivity index (χ0n) is 14.2. The molecule has 1 heterocycles. The molecule has 24 heavy (non-hydrogen) atoms. The minimum absolute atomic E-state index is 0.203. The summed E-state index contributed by atoms with van der Waals surface area (Å²) in [7, 11) is 1.39. The van der Waals surface area contributed by atoms with Crippen LogP contribution < -0.4 is 4.74 Å². The molecule has 0 aliphatic carbocycles. The first kappa shape index (κ1) is 19.5. The van der Waals surface area contributed by atoms with Crippen LogP contribution in [-0.4, -0.2) is 33.4 Å². The molecule has 1 aromatic carbocycles. The number of rotatable bonds is 10. The Balaban J connectivity index is 1.81. The van der Waals surface area contributed by atoms with Crippen molar-refractivity contribution >= 4 is 30.4 Å². The SMILES string of the molecule is CCn1nnc(-c2ccc(OCCC(C)(C)CCOSI)cc2)n1. The van der Waals surface area contributed by atoms with E-state index in [4.69, 9.17) is 8.92 Å². The van der Waals surface area contributed by atoms with E-state index >= 15 is 0 Å². The molecule has 0 N–H and O–H groups in total.